The Morgan fingerprint density at radius 2 is 2.00 bits per heavy atom. The lowest BCUT2D eigenvalue weighted by Crippen LogP contribution is -2.15. The molecule has 0 aliphatic heterocycles. The van der Waals surface area contributed by atoms with Crippen LogP contribution in [-0.2, 0) is 14.6 Å². The highest BCUT2D eigenvalue weighted by molar-refractivity contribution is 7.99. The van der Waals surface area contributed by atoms with Crippen molar-refractivity contribution in [1.82, 2.24) is 19.6 Å². The van der Waals surface area contributed by atoms with Crippen molar-refractivity contribution in [3.05, 3.63) is 40.7 Å². The van der Waals surface area contributed by atoms with Gasteiger partial charge < -0.3 is 5.32 Å². The summed E-state index contributed by atoms with van der Waals surface area (Å²) in [4.78, 5) is 16.7. The van der Waals surface area contributed by atoms with Crippen molar-refractivity contribution in [2.24, 2.45) is 0 Å². The Balaban J connectivity index is 1.74. The SMILES string of the molecule is Cc1cc(C)n2c(SCC(=O)Nc3cc(S(C)(=O)=O)ccc3Cl)nnc2n1. The molecule has 0 saturated heterocycles. The van der Waals surface area contributed by atoms with Gasteiger partial charge in [0.2, 0.25) is 5.91 Å². The second kappa shape index (κ2) is 7.45. The van der Waals surface area contributed by atoms with Crippen molar-refractivity contribution < 1.29 is 13.2 Å². The summed E-state index contributed by atoms with van der Waals surface area (Å²) in [7, 11) is -3.40. The van der Waals surface area contributed by atoms with Crippen molar-refractivity contribution in [3.63, 3.8) is 0 Å². The highest BCUT2D eigenvalue weighted by Crippen LogP contribution is 2.26. The predicted octanol–water partition coefficient (Wildman–Crippen LogP) is 2.53. The quantitative estimate of drug-likeness (QED) is 0.626. The summed E-state index contributed by atoms with van der Waals surface area (Å²) in [6.45, 7) is 3.78. The first-order valence-corrected chi connectivity index (χ1v) is 11.0. The van der Waals surface area contributed by atoms with E-state index in [0.717, 1.165) is 17.6 Å². The fraction of sp³-hybridized carbons (Fsp3) is 0.250. The summed E-state index contributed by atoms with van der Waals surface area (Å²) in [5, 5.41) is 11.5. The number of nitrogens with one attached hydrogen (secondary N) is 1. The molecule has 0 atom stereocenters. The van der Waals surface area contributed by atoms with Crippen LogP contribution in [0, 0.1) is 13.8 Å². The number of nitrogens with zero attached hydrogens (tertiary/aromatic N) is 4. The highest BCUT2D eigenvalue weighted by Gasteiger charge is 2.15. The first kappa shape index (κ1) is 19.6. The zero-order valence-electron chi connectivity index (χ0n) is 14.7. The number of amides is 1. The number of carbonyl (C=O) groups is 1. The van der Waals surface area contributed by atoms with Crippen LogP contribution in [0.3, 0.4) is 0 Å². The van der Waals surface area contributed by atoms with Crippen LogP contribution in [0.5, 0.6) is 0 Å². The van der Waals surface area contributed by atoms with E-state index in [1.807, 2.05) is 19.9 Å². The van der Waals surface area contributed by atoms with Crippen LogP contribution in [-0.4, -0.2) is 45.9 Å². The molecule has 2 heterocycles. The van der Waals surface area contributed by atoms with Crippen LogP contribution < -0.4 is 5.32 Å². The number of rotatable bonds is 5. The van der Waals surface area contributed by atoms with Gasteiger partial charge in [-0.25, -0.2) is 13.4 Å². The number of benzene rings is 1. The molecule has 11 heteroatoms. The van der Waals surface area contributed by atoms with Crippen LogP contribution in [0.4, 0.5) is 5.69 Å². The molecule has 0 fully saturated rings. The third-order valence-electron chi connectivity index (χ3n) is 3.64. The number of halogens is 1. The average Bonchev–Trinajstić information content (AvgIpc) is 2.97. The van der Waals surface area contributed by atoms with E-state index in [0.29, 0.717) is 10.9 Å². The van der Waals surface area contributed by atoms with E-state index in [2.05, 4.69) is 20.5 Å². The molecule has 0 aliphatic rings. The number of carbonyl (C=O) groups excluding carboxylic acids is 1. The molecule has 0 aliphatic carbocycles. The first-order valence-electron chi connectivity index (χ1n) is 7.77. The Morgan fingerprint density at radius 1 is 1.26 bits per heavy atom. The fourth-order valence-corrected chi connectivity index (χ4v) is 4.04. The normalized spacial score (nSPS) is 11.7. The van der Waals surface area contributed by atoms with Gasteiger partial charge in [0.1, 0.15) is 0 Å². The van der Waals surface area contributed by atoms with Crippen LogP contribution in [0.15, 0.2) is 34.3 Å². The standard InChI is InChI=1S/C16H16ClN5O3S2/c1-9-6-10(2)22-15(18-9)20-21-16(22)26-8-14(23)19-13-7-11(27(3,24)25)4-5-12(13)17/h4-7H,8H2,1-3H3,(H,19,23). The number of aromatic nitrogens is 4. The van der Waals surface area contributed by atoms with Gasteiger partial charge in [-0.1, -0.05) is 23.4 Å². The van der Waals surface area contributed by atoms with Gasteiger partial charge in [-0.3, -0.25) is 9.20 Å². The van der Waals surface area contributed by atoms with Gasteiger partial charge >= 0.3 is 0 Å². The van der Waals surface area contributed by atoms with E-state index in [4.69, 9.17) is 11.6 Å². The molecule has 0 saturated carbocycles. The van der Waals surface area contributed by atoms with Gasteiger partial charge in [0.05, 0.1) is 21.4 Å². The van der Waals surface area contributed by atoms with Crippen LogP contribution in [0.1, 0.15) is 11.4 Å². The Morgan fingerprint density at radius 3 is 2.70 bits per heavy atom. The number of anilines is 1. The maximum atomic E-state index is 12.3. The summed E-state index contributed by atoms with van der Waals surface area (Å²) >= 11 is 7.25. The highest BCUT2D eigenvalue weighted by atomic mass is 35.5. The molecular weight excluding hydrogens is 410 g/mol. The maximum absolute atomic E-state index is 12.3. The monoisotopic (exact) mass is 425 g/mol. The van der Waals surface area contributed by atoms with Crippen LogP contribution in [0.25, 0.3) is 5.78 Å². The molecule has 3 rings (SSSR count). The van der Waals surface area contributed by atoms with Gasteiger partial charge in [-0.15, -0.1) is 10.2 Å². The summed E-state index contributed by atoms with van der Waals surface area (Å²) in [5.74, 6) is 0.175. The Labute approximate surface area is 165 Å². The van der Waals surface area contributed by atoms with Gasteiger partial charge in [-0.05, 0) is 38.1 Å². The molecule has 0 spiro atoms. The minimum Gasteiger partial charge on any atom is -0.324 e. The largest absolute Gasteiger partial charge is 0.324 e. The summed E-state index contributed by atoms with van der Waals surface area (Å²) in [6, 6.07) is 6.06. The molecule has 0 unspecified atom stereocenters. The number of aryl methyl sites for hydroxylation is 2. The minimum atomic E-state index is -3.40. The average molecular weight is 426 g/mol. The van der Waals surface area contributed by atoms with E-state index >= 15 is 0 Å². The molecular formula is C16H16ClN5O3S2. The molecule has 2 aromatic heterocycles. The lowest BCUT2D eigenvalue weighted by atomic mass is 10.3. The molecule has 142 valence electrons. The second-order valence-electron chi connectivity index (χ2n) is 5.91. The minimum absolute atomic E-state index is 0.0491. The summed E-state index contributed by atoms with van der Waals surface area (Å²) in [5.41, 5.74) is 1.99. The number of thioether (sulfide) groups is 1. The fourth-order valence-electron chi connectivity index (χ4n) is 2.44. The molecule has 8 nitrogen and oxygen atoms in total. The van der Waals surface area contributed by atoms with Crippen LogP contribution >= 0.6 is 23.4 Å². The van der Waals surface area contributed by atoms with E-state index in [9.17, 15) is 13.2 Å². The van der Waals surface area contributed by atoms with Gasteiger partial charge in [0.15, 0.2) is 15.0 Å². The zero-order chi connectivity index (χ0) is 19.8. The van der Waals surface area contributed by atoms with Crippen molar-refractivity contribution in [3.8, 4) is 0 Å². The predicted molar refractivity (Wildman–Crippen MR) is 104 cm³/mol. The third-order valence-corrected chi connectivity index (χ3v) is 6.00. The summed E-state index contributed by atoms with van der Waals surface area (Å²) in [6.07, 6.45) is 1.09. The van der Waals surface area contributed by atoms with Gasteiger partial charge in [0, 0.05) is 17.6 Å². The topological polar surface area (TPSA) is 106 Å². The molecule has 0 radical (unpaired) electrons. The number of sulfone groups is 1. The Bertz CT molecular complexity index is 1140. The van der Waals surface area contributed by atoms with Gasteiger partial charge in [-0.2, -0.15) is 0 Å². The maximum Gasteiger partial charge on any atom is 0.256 e. The number of hydrogen-bond acceptors (Lipinski definition) is 7. The van der Waals surface area contributed by atoms with Gasteiger partial charge in [0.25, 0.3) is 5.78 Å². The molecule has 1 amide bonds. The number of fused-ring (bicyclic) bond motifs is 1. The molecule has 3 aromatic rings. The van der Waals surface area contributed by atoms with E-state index in [1.54, 1.807) is 4.40 Å². The van der Waals surface area contributed by atoms with Crippen molar-refractivity contribution >= 4 is 50.6 Å². The third kappa shape index (κ3) is 4.40. The van der Waals surface area contributed by atoms with Crippen LogP contribution in [0.2, 0.25) is 5.02 Å². The number of hydrogen-bond donors (Lipinski definition) is 1. The van der Waals surface area contributed by atoms with E-state index < -0.39 is 9.84 Å². The van der Waals surface area contributed by atoms with Crippen molar-refractivity contribution in [1.29, 1.82) is 0 Å². The summed E-state index contributed by atoms with van der Waals surface area (Å²) < 4.78 is 25.1. The first-order chi connectivity index (χ1) is 12.6. The smallest absolute Gasteiger partial charge is 0.256 e. The lowest BCUT2D eigenvalue weighted by Gasteiger charge is -2.09. The molecule has 1 N–H and O–H groups in total. The van der Waals surface area contributed by atoms with E-state index in [1.165, 1.54) is 30.0 Å². The molecule has 1 aromatic carbocycles. The second-order valence-corrected chi connectivity index (χ2v) is 9.27. The molecule has 27 heavy (non-hydrogen) atoms. The lowest BCUT2D eigenvalue weighted by molar-refractivity contribution is -0.113. The van der Waals surface area contributed by atoms with Crippen molar-refractivity contribution in [2.75, 3.05) is 17.3 Å². The Hall–Kier alpha value is -2.17. The molecule has 0 bridgehead atoms. The zero-order valence-corrected chi connectivity index (χ0v) is 17.1. The Kier molecular flexibility index (Phi) is 5.41. The van der Waals surface area contributed by atoms with E-state index in [-0.39, 0.29) is 27.3 Å². The van der Waals surface area contributed by atoms with Crippen molar-refractivity contribution in [2.45, 2.75) is 23.9 Å².